The SMILES string of the molecule is CCCN(CCC)C(CC)C(CC(=O)O)C(=O)O. The maximum Gasteiger partial charge on any atom is 0.308 e. The summed E-state index contributed by atoms with van der Waals surface area (Å²) in [5.41, 5.74) is 0. The standard InChI is InChI=1S/C13H25NO4/c1-4-7-14(8-5-2)11(6-3)10(13(17)18)9-12(15)16/h10-11H,4-9H2,1-3H3,(H,15,16)(H,17,18). The van der Waals surface area contributed by atoms with E-state index in [1.807, 2.05) is 20.8 Å². The molecule has 0 rings (SSSR count). The third kappa shape index (κ3) is 5.49. The van der Waals surface area contributed by atoms with E-state index in [2.05, 4.69) is 4.90 Å². The first-order valence-electron chi connectivity index (χ1n) is 6.66. The van der Waals surface area contributed by atoms with Crippen LogP contribution in [0.15, 0.2) is 0 Å². The fourth-order valence-corrected chi connectivity index (χ4v) is 2.39. The second-order valence-electron chi connectivity index (χ2n) is 4.55. The Morgan fingerprint density at radius 3 is 1.83 bits per heavy atom. The maximum atomic E-state index is 11.3. The molecule has 0 saturated carbocycles. The molecule has 0 radical (unpaired) electrons. The summed E-state index contributed by atoms with van der Waals surface area (Å²) < 4.78 is 0. The second kappa shape index (κ2) is 8.91. The highest BCUT2D eigenvalue weighted by molar-refractivity contribution is 5.78. The van der Waals surface area contributed by atoms with E-state index < -0.39 is 17.9 Å². The number of nitrogens with zero attached hydrogens (tertiary/aromatic N) is 1. The molecule has 0 aliphatic carbocycles. The molecule has 5 heteroatoms. The van der Waals surface area contributed by atoms with E-state index in [1.54, 1.807) is 0 Å². The van der Waals surface area contributed by atoms with Crippen molar-refractivity contribution in [2.24, 2.45) is 5.92 Å². The van der Waals surface area contributed by atoms with Crippen LogP contribution in [0.5, 0.6) is 0 Å². The van der Waals surface area contributed by atoms with Gasteiger partial charge in [-0.15, -0.1) is 0 Å². The lowest BCUT2D eigenvalue weighted by molar-refractivity contribution is -0.151. The van der Waals surface area contributed by atoms with Gasteiger partial charge in [0, 0.05) is 6.04 Å². The molecule has 0 fully saturated rings. The van der Waals surface area contributed by atoms with Crippen molar-refractivity contribution in [3.8, 4) is 0 Å². The molecule has 0 spiro atoms. The Morgan fingerprint density at radius 2 is 1.56 bits per heavy atom. The quantitative estimate of drug-likeness (QED) is 0.628. The summed E-state index contributed by atoms with van der Waals surface area (Å²) in [4.78, 5) is 24.2. The van der Waals surface area contributed by atoms with Gasteiger partial charge in [0.2, 0.25) is 0 Å². The average Bonchev–Trinajstić information content (AvgIpc) is 2.28. The Kier molecular flexibility index (Phi) is 8.37. The summed E-state index contributed by atoms with van der Waals surface area (Å²) in [7, 11) is 0. The Bertz CT molecular complexity index is 262. The molecule has 5 nitrogen and oxygen atoms in total. The fourth-order valence-electron chi connectivity index (χ4n) is 2.39. The molecule has 0 aromatic heterocycles. The van der Waals surface area contributed by atoms with E-state index in [0.29, 0.717) is 6.42 Å². The number of rotatable bonds is 10. The van der Waals surface area contributed by atoms with Gasteiger partial charge >= 0.3 is 11.9 Å². The van der Waals surface area contributed by atoms with E-state index in [0.717, 1.165) is 25.9 Å². The predicted molar refractivity (Wildman–Crippen MR) is 69.6 cm³/mol. The lowest BCUT2D eigenvalue weighted by Gasteiger charge is -2.34. The number of hydrogen-bond acceptors (Lipinski definition) is 3. The van der Waals surface area contributed by atoms with Crippen LogP contribution in [0, 0.1) is 5.92 Å². The van der Waals surface area contributed by atoms with Gasteiger partial charge in [0.1, 0.15) is 0 Å². The molecule has 2 unspecified atom stereocenters. The Balaban J connectivity index is 4.93. The first-order valence-corrected chi connectivity index (χ1v) is 6.66. The van der Waals surface area contributed by atoms with E-state index >= 15 is 0 Å². The highest BCUT2D eigenvalue weighted by atomic mass is 16.4. The van der Waals surface area contributed by atoms with E-state index in [-0.39, 0.29) is 12.5 Å². The molecule has 0 amide bonds. The number of carboxylic acids is 2. The minimum Gasteiger partial charge on any atom is -0.481 e. The normalized spacial score (nSPS) is 14.4. The lowest BCUT2D eigenvalue weighted by Crippen LogP contribution is -2.45. The van der Waals surface area contributed by atoms with Crippen molar-refractivity contribution in [1.82, 2.24) is 4.90 Å². The van der Waals surface area contributed by atoms with Crippen molar-refractivity contribution in [1.29, 1.82) is 0 Å². The van der Waals surface area contributed by atoms with Crippen LogP contribution < -0.4 is 0 Å². The summed E-state index contributed by atoms with van der Waals surface area (Å²) in [5.74, 6) is -2.89. The van der Waals surface area contributed by atoms with Crippen LogP contribution in [-0.4, -0.2) is 46.2 Å². The van der Waals surface area contributed by atoms with Crippen molar-refractivity contribution in [3.63, 3.8) is 0 Å². The molecular formula is C13H25NO4. The van der Waals surface area contributed by atoms with Crippen LogP contribution in [0.25, 0.3) is 0 Å². The largest absolute Gasteiger partial charge is 0.481 e. The summed E-state index contributed by atoms with van der Waals surface area (Å²) in [6.45, 7) is 7.64. The van der Waals surface area contributed by atoms with Crippen LogP contribution in [0.3, 0.4) is 0 Å². The Morgan fingerprint density at radius 1 is 1.06 bits per heavy atom. The molecule has 2 atom stereocenters. The molecule has 0 aromatic carbocycles. The molecule has 0 bridgehead atoms. The molecule has 0 saturated heterocycles. The first-order chi connectivity index (χ1) is 8.47. The lowest BCUT2D eigenvalue weighted by atomic mass is 9.92. The highest BCUT2D eigenvalue weighted by Gasteiger charge is 2.32. The van der Waals surface area contributed by atoms with E-state index in [4.69, 9.17) is 5.11 Å². The van der Waals surface area contributed by atoms with Crippen LogP contribution in [0.1, 0.15) is 46.5 Å². The Hall–Kier alpha value is -1.10. The summed E-state index contributed by atoms with van der Waals surface area (Å²) in [5, 5.41) is 18.1. The van der Waals surface area contributed by atoms with E-state index in [1.165, 1.54) is 0 Å². The van der Waals surface area contributed by atoms with Gasteiger partial charge in [-0.05, 0) is 32.4 Å². The zero-order chi connectivity index (χ0) is 14.1. The molecule has 18 heavy (non-hydrogen) atoms. The van der Waals surface area contributed by atoms with Crippen molar-refractivity contribution >= 4 is 11.9 Å². The van der Waals surface area contributed by atoms with Gasteiger partial charge in [0.25, 0.3) is 0 Å². The molecule has 0 aromatic rings. The number of aliphatic carboxylic acids is 2. The van der Waals surface area contributed by atoms with Gasteiger partial charge in [-0.25, -0.2) is 0 Å². The molecular weight excluding hydrogens is 234 g/mol. The Labute approximate surface area is 109 Å². The third-order valence-corrected chi connectivity index (χ3v) is 3.09. The second-order valence-corrected chi connectivity index (χ2v) is 4.55. The topological polar surface area (TPSA) is 77.8 Å². The summed E-state index contributed by atoms with van der Waals surface area (Å²) in [6.07, 6.45) is 2.23. The first kappa shape index (κ1) is 16.9. The minimum atomic E-state index is -1.05. The van der Waals surface area contributed by atoms with Crippen molar-refractivity contribution in [3.05, 3.63) is 0 Å². The van der Waals surface area contributed by atoms with Crippen molar-refractivity contribution in [2.75, 3.05) is 13.1 Å². The monoisotopic (exact) mass is 259 g/mol. The summed E-state index contributed by atoms with van der Waals surface area (Å²) >= 11 is 0. The molecule has 0 aliphatic heterocycles. The van der Waals surface area contributed by atoms with Crippen molar-refractivity contribution in [2.45, 2.75) is 52.5 Å². The molecule has 106 valence electrons. The zero-order valence-electron chi connectivity index (χ0n) is 11.6. The van der Waals surface area contributed by atoms with Gasteiger partial charge < -0.3 is 10.2 Å². The van der Waals surface area contributed by atoms with Gasteiger partial charge in [-0.1, -0.05) is 20.8 Å². The average molecular weight is 259 g/mol. The zero-order valence-corrected chi connectivity index (χ0v) is 11.6. The van der Waals surface area contributed by atoms with E-state index in [9.17, 15) is 14.7 Å². The van der Waals surface area contributed by atoms with Gasteiger partial charge in [-0.2, -0.15) is 0 Å². The van der Waals surface area contributed by atoms with Crippen molar-refractivity contribution < 1.29 is 19.8 Å². The highest BCUT2D eigenvalue weighted by Crippen LogP contribution is 2.20. The van der Waals surface area contributed by atoms with Gasteiger partial charge in [0.05, 0.1) is 12.3 Å². The number of hydrogen-bond donors (Lipinski definition) is 2. The third-order valence-electron chi connectivity index (χ3n) is 3.09. The summed E-state index contributed by atoms with van der Waals surface area (Å²) in [6, 6.07) is -0.196. The van der Waals surface area contributed by atoms with Crippen LogP contribution in [0.2, 0.25) is 0 Å². The van der Waals surface area contributed by atoms with Crippen LogP contribution >= 0.6 is 0 Å². The molecule has 0 aliphatic rings. The molecule has 2 N–H and O–H groups in total. The number of carboxylic acid groups (broad SMARTS) is 2. The van der Waals surface area contributed by atoms with Crippen LogP contribution in [-0.2, 0) is 9.59 Å². The minimum absolute atomic E-state index is 0.196. The predicted octanol–water partition coefficient (Wildman–Crippen LogP) is 2.06. The van der Waals surface area contributed by atoms with Gasteiger partial charge in [-0.3, -0.25) is 14.5 Å². The molecule has 0 heterocycles. The maximum absolute atomic E-state index is 11.3. The fraction of sp³-hybridized carbons (Fsp3) is 0.846. The smallest absolute Gasteiger partial charge is 0.308 e. The van der Waals surface area contributed by atoms with Gasteiger partial charge in [0.15, 0.2) is 0 Å². The number of carbonyl (C=O) groups is 2. The van der Waals surface area contributed by atoms with Crippen LogP contribution in [0.4, 0.5) is 0 Å².